The summed E-state index contributed by atoms with van der Waals surface area (Å²) < 4.78 is 57.1. The molecule has 0 aromatic heterocycles. The predicted molar refractivity (Wildman–Crippen MR) is 71.0 cm³/mol. The Balaban J connectivity index is 2.63. The Kier molecular flexibility index (Phi) is 6.22. The number of carbonyl (C=O) groups is 1. The zero-order valence-corrected chi connectivity index (χ0v) is 12.5. The van der Waals surface area contributed by atoms with Gasteiger partial charge in [0.05, 0.1) is 18.5 Å². The van der Waals surface area contributed by atoms with Crippen molar-refractivity contribution in [1.29, 1.82) is 0 Å². The molecule has 1 atom stereocenters. The fourth-order valence-electron chi connectivity index (χ4n) is 1.22. The monoisotopic (exact) mass is 345 g/mol. The van der Waals surface area contributed by atoms with E-state index in [4.69, 9.17) is 16.4 Å². The molecule has 5 nitrogen and oxygen atoms in total. The largest absolute Gasteiger partial charge is 0.471 e. The summed E-state index contributed by atoms with van der Waals surface area (Å²) in [5, 5.41) is 1.70. The molecule has 0 saturated heterocycles. The van der Waals surface area contributed by atoms with Crippen LogP contribution in [0.2, 0.25) is 0 Å². The normalized spacial score (nSPS) is 14.5. The average molecular weight is 346 g/mol. The van der Waals surface area contributed by atoms with Gasteiger partial charge in [0.25, 0.3) is 0 Å². The number of amides is 1. The number of rotatable bonds is 6. The van der Waals surface area contributed by atoms with Crippen molar-refractivity contribution in [3.8, 4) is 0 Å². The molecule has 0 radical (unpaired) electrons. The van der Waals surface area contributed by atoms with E-state index >= 15 is 0 Å². The van der Waals surface area contributed by atoms with Crippen LogP contribution >= 0.6 is 19.5 Å². The molecule has 0 aliphatic rings. The smallest absolute Gasteiger partial charge is 0.318 e. The molecule has 0 heterocycles. The van der Waals surface area contributed by atoms with Crippen LogP contribution in [0, 0.1) is 0 Å². The highest BCUT2D eigenvalue weighted by Gasteiger charge is 2.38. The van der Waals surface area contributed by atoms with E-state index < -0.39 is 19.7 Å². The molecular formula is C11H12ClF3NO4P. The maximum atomic E-state index is 12.1. The molecule has 118 valence electrons. The Morgan fingerprint density at radius 1 is 1.33 bits per heavy atom. The Hall–Kier alpha value is -1.08. The van der Waals surface area contributed by atoms with Crippen LogP contribution in [0.3, 0.4) is 0 Å². The molecule has 1 aromatic carbocycles. The third-order valence-electron chi connectivity index (χ3n) is 2.39. The summed E-state index contributed by atoms with van der Waals surface area (Å²) in [6.45, 7) is 1.48. The average Bonchev–Trinajstić information content (AvgIpc) is 2.45. The SMILES string of the molecule is CCP(=O)(OCl)OCc1ccc(NC(=O)C(F)(F)F)cc1. The van der Waals surface area contributed by atoms with Crippen LogP contribution in [-0.2, 0) is 24.6 Å². The van der Waals surface area contributed by atoms with Gasteiger partial charge in [0, 0.05) is 11.8 Å². The fourth-order valence-corrected chi connectivity index (χ4v) is 2.30. The van der Waals surface area contributed by atoms with Gasteiger partial charge in [-0.25, -0.2) is 0 Å². The Morgan fingerprint density at radius 3 is 2.33 bits per heavy atom. The van der Waals surface area contributed by atoms with E-state index in [0.29, 0.717) is 5.56 Å². The second-order valence-corrected chi connectivity index (χ2v) is 6.58. The van der Waals surface area contributed by atoms with Gasteiger partial charge in [0.1, 0.15) is 0 Å². The highest BCUT2D eigenvalue weighted by Crippen LogP contribution is 2.49. The molecule has 0 spiro atoms. The number of alkyl halides is 3. The molecule has 1 N–H and O–H groups in total. The van der Waals surface area contributed by atoms with Crippen LogP contribution in [0.25, 0.3) is 0 Å². The molecule has 0 aliphatic carbocycles. The van der Waals surface area contributed by atoms with E-state index in [-0.39, 0.29) is 18.5 Å². The van der Waals surface area contributed by atoms with E-state index in [2.05, 4.69) is 4.08 Å². The summed E-state index contributed by atoms with van der Waals surface area (Å²) in [6, 6.07) is 5.36. The lowest BCUT2D eigenvalue weighted by atomic mass is 10.2. The van der Waals surface area contributed by atoms with E-state index in [1.54, 1.807) is 12.2 Å². The zero-order chi connectivity index (χ0) is 16.1. The maximum Gasteiger partial charge on any atom is 0.471 e. The first-order chi connectivity index (χ1) is 9.70. The number of hydrogen-bond acceptors (Lipinski definition) is 4. The van der Waals surface area contributed by atoms with Crippen molar-refractivity contribution in [2.24, 2.45) is 0 Å². The summed E-state index contributed by atoms with van der Waals surface area (Å²) in [5.74, 6) is -2.06. The van der Waals surface area contributed by atoms with Crippen LogP contribution in [-0.4, -0.2) is 18.2 Å². The van der Waals surface area contributed by atoms with Crippen molar-refractivity contribution in [2.75, 3.05) is 11.5 Å². The van der Waals surface area contributed by atoms with E-state index in [9.17, 15) is 22.5 Å². The molecule has 0 fully saturated rings. The van der Waals surface area contributed by atoms with Crippen LogP contribution in [0.5, 0.6) is 0 Å². The van der Waals surface area contributed by atoms with Crippen LogP contribution < -0.4 is 5.32 Å². The number of hydrogen-bond donors (Lipinski definition) is 1. The van der Waals surface area contributed by atoms with Crippen molar-refractivity contribution in [2.45, 2.75) is 19.7 Å². The third kappa shape index (κ3) is 5.67. The number of nitrogens with one attached hydrogen (secondary N) is 1. The minimum atomic E-state index is -4.95. The van der Waals surface area contributed by atoms with Crippen molar-refractivity contribution in [1.82, 2.24) is 0 Å². The molecule has 1 unspecified atom stereocenters. The first-order valence-corrected chi connectivity index (χ1v) is 7.75. The molecule has 21 heavy (non-hydrogen) atoms. The van der Waals surface area contributed by atoms with Gasteiger partial charge in [-0.3, -0.25) is 9.36 Å². The highest BCUT2D eigenvalue weighted by molar-refractivity contribution is 7.54. The lowest BCUT2D eigenvalue weighted by Gasteiger charge is -2.12. The standard InChI is InChI=1S/C11H12ClF3NO4P/c1-2-21(18,20-12)19-7-8-3-5-9(6-4-8)16-10(17)11(13,14)15/h3-6H,2,7H2,1H3,(H,16,17). The van der Waals surface area contributed by atoms with E-state index in [1.807, 2.05) is 0 Å². The quantitative estimate of drug-likeness (QED) is 0.789. The van der Waals surface area contributed by atoms with Gasteiger partial charge >= 0.3 is 19.7 Å². The minimum absolute atomic E-state index is 0.0201. The first-order valence-electron chi connectivity index (χ1n) is 5.71. The van der Waals surface area contributed by atoms with Gasteiger partial charge in [0.15, 0.2) is 0 Å². The van der Waals surface area contributed by atoms with Gasteiger partial charge in [0.2, 0.25) is 0 Å². The molecular weight excluding hydrogens is 334 g/mol. The summed E-state index contributed by atoms with van der Waals surface area (Å²) in [5.41, 5.74) is 0.510. The topological polar surface area (TPSA) is 64.6 Å². The van der Waals surface area contributed by atoms with Crippen molar-refractivity contribution in [3.63, 3.8) is 0 Å². The number of benzene rings is 1. The van der Waals surface area contributed by atoms with Gasteiger partial charge < -0.3 is 9.84 Å². The molecule has 1 rings (SSSR count). The number of anilines is 1. The molecule has 10 heteroatoms. The second kappa shape index (κ2) is 7.26. The summed E-state index contributed by atoms with van der Waals surface area (Å²) in [7, 11) is -3.36. The van der Waals surface area contributed by atoms with Crippen LogP contribution in [0.4, 0.5) is 18.9 Å². The van der Waals surface area contributed by atoms with Gasteiger partial charge in [-0.05, 0) is 17.7 Å². The van der Waals surface area contributed by atoms with Crippen molar-refractivity contribution < 1.29 is 31.1 Å². The van der Waals surface area contributed by atoms with Gasteiger partial charge in [-0.1, -0.05) is 19.1 Å². The summed E-state index contributed by atoms with van der Waals surface area (Å²) in [6.07, 6.45) is -4.87. The van der Waals surface area contributed by atoms with Crippen molar-refractivity contribution in [3.05, 3.63) is 29.8 Å². The third-order valence-corrected chi connectivity index (χ3v) is 4.53. The molecule has 0 bridgehead atoms. The molecule has 1 aromatic rings. The highest BCUT2D eigenvalue weighted by atomic mass is 35.5. The lowest BCUT2D eigenvalue weighted by Crippen LogP contribution is -2.29. The zero-order valence-electron chi connectivity index (χ0n) is 10.8. The summed E-state index contributed by atoms with van der Waals surface area (Å²) >= 11 is 5.06. The first kappa shape index (κ1) is 18.0. The van der Waals surface area contributed by atoms with E-state index in [0.717, 1.165) is 0 Å². The second-order valence-electron chi connectivity index (χ2n) is 3.92. The molecule has 0 saturated carbocycles. The lowest BCUT2D eigenvalue weighted by molar-refractivity contribution is -0.167. The van der Waals surface area contributed by atoms with Crippen LogP contribution in [0.15, 0.2) is 24.3 Å². The Morgan fingerprint density at radius 2 is 1.90 bits per heavy atom. The van der Waals surface area contributed by atoms with Crippen LogP contribution in [0.1, 0.15) is 12.5 Å². The van der Waals surface area contributed by atoms with Gasteiger partial charge in [-0.2, -0.15) is 17.2 Å². The molecule has 1 amide bonds. The Bertz CT molecular complexity index is 527. The fraction of sp³-hybridized carbons (Fsp3) is 0.364. The van der Waals surface area contributed by atoms with E-state index in [1.165, 1.54) is 24.3 Å². The Labute approximate surface area is 124 Å². The summed E-state index contributed by atoms with van der Waals surface area (Å²) in [4.78, 5) is 10.7. The number of halogens is 4. The minimum Gasteiger partial charge on any atom is -0.318 e. The van der Waals surface area contributed by atoms with Crippen molar-refractivity contribution >= 4 is 31.1 Å². The molecule has 0 aliphatic heterocycles. The maximum absolute atomic E-state index is 12.1. The van der Waals surface area contributed by atoms with Gasteiger partial charge in [-0.15, -0.1) is 0 Å². The number of carbonyl (C=O) groups excluding carboxylic acids is 1. The predicted octanol–water partition coefficient (Wildman–Crippen LogP) is 4.09.